The molecule has 1 unspecified atom stereocenters. The van der Waals surface area contributed by atoms with Gasteiger partial charge in [-0.15, -0.1) is 11.6 Å². The van der Waals surface area contributed by atoms with Crippen molar-refractivity contribution in [2.75, 3.05) is 0 Å². The van der Waals surface area contributed by atoms with E-state index in [2.05, 4.69) is 0 Å². The maximum atomic E-state index is 10.4. The number of carboxylic acids is 1. The molecule has 0 saturated heterocycles. The molecule has 5 nitrogen and oxygen atoms in total. The van der Waals surface area contributed by atoms with Crippen molar-refractivity contribution in [2.24, 2.45) is 0 Å². The molecule has 15 heavy (non-hydrogen) atoms. The lowest BCUT2D eigenvalue weighted by molar-refractivity contribution is -0.384. The Hall–Kier alpha value is -1.62. The van der Waals surface area contributed by atoms with Crippen LogP contribution in [0.2, 0.25) is 0 Å². The number of nitrogens with zero attached hydrogens (tertiary/aromatic N) is 1. The first kappa shape index (κ1) is 11.5. The van der Waals surface area contributed by atoms with Crippen molar-refractivity contribution in [2.45, 2.75) is 11.8 Å². The van der Waals surface area contributed by atoms with E-state index in [-0.39, 0.29) is 12.1 Å². The summed E-state index contributed by atoms with van der Waals surface area (Å²) in [6.45, 7) is 0. The second-order valence-electron chi connectivity index (χ2n) is 2.93. The summed E-state index contributed by atoms with van der Waals surface area (Å²) in [6.07, 6.45) is 0.148. The zero-order valence-electron chi connectivity index (χ0n) is 7.59. The van der Waals surface area contributed by atoms with E-state index in [4.69, 9.17) is 16.7 Å². The van der Waals surface area contributed by atoms with E-state index >= 15 is 0 Å². The number of hydrogen-bond donors (Lipinski definition) is 1. The molecule has 0 aromatic heterocycles. The fourth-order valence-electron chi connectivity index (χ4n) is 1.05. The number of benzene rings is 1. The van der Waals surface area contributed by atoms with Gasteiger partial charge in [-0.1, -0.05) is 12.1 Å². The largest absolute Gasteiger partial charge is 0.480 e. The number of aliphatic carboxylic acids is 1. The minimum absolute atomic E-state index is 0.0276. The predicted molar refractivity (Wildman–Crippen MR) is 54.1 cm³/mol. The molecule has 1 N–H and O–H groups in total. The second-order valence-corrected chi connectivity index (χ2v) is 3.46. The first-order valence-electron chi connectivity index (χ1n) is 4.11. The van der Waals surface area contributed by atoms with Gasteiger partial charge in [0.05, 0.1) is 4.92 Å². The van der Waals surface area contributed by atoms with Crippen molar-refractivity contribution in [3.05, 3.63) is 39.9 Å². The summed E-state index contributed by atoms with van der Waals surface area (Å²) in [5, 5.41) is 17.9. The van der Waals surface area contributed by atoms with Crippen molar-refractivity contribution in [3.63, 3.8) is 0 Å². The fraction of sp³-hybridized carbons (Fsp3) is 0.222. The first-order valence-corrected chi connectivity index (χ1v) is 4.54. The number of halogens is 1. The highest BCUT2D eigenvalue weighted by Gasteiger charge is 2.14. The van der Waals surface area contributed by atoms with Crippen molar-refractivity contribution in [1.82, 2.24) is 0 Å². The van der Waals surface area contributed by atoms with Gasteiger partial charge in [0.1, 0.15) is 5.38 Å². The Morgan fingerprint density at radius 2 is 2.00 bits per heavy atom. The van der Waals surface area contributed by atoms with Crippen LogP contribution in [0.4, 0.5) is 5.69 Å². The van der Waals surface area contributed by atoms with Gasteiger partial charge < -0.3 is 5.11 Å². The molecule has 1 aromatic carbocycles. The normalized spacial score (nSPS) is 12.1. The van der Waals surface area contributed by atoms with Gasteiger partial charge in [0, 0.05) is 12.1 Å². The van der Waals surface area contributed by atoms with Crippen LogP contribution in [0.3, 0.4) is 0 Å². The highest BCUT2D eigenvalue weighted by Crippen LogP contribution is 2.14. The molecule has 0 bridgehead atoms. The summed E-state index contributed by atoms with van der Waals surface area (Å²) in [7, 11) is 0. The molecule has 1 rings (SSSR count). The molecule has 1 atom stereocenters. The van der Waals surface area contributed by atoms with Gasteiger partial charge in [-0.2, -0.15) is 0 Å². The molecule has 0 heterocycles. The lowest BCUT2D eigenvalue weighted by Crippen LogP contribution is -2.15. The molecule has 0 aliphatic heterocycles. The molecule has 0 aliphatic carbocycles. The Balaban J connectivity index is 2.72. The third-order valence-corrected chi connectivity index (χ3v) is 2.17. The average molecular weight is 230 g/mol. The van der Waals surface area contributed by atoms with Crippen molar-refractivity contribution in [1.29, 1.82) is 0 Å². The Kier molecular flexibility index (Phi) is 3.62. The summed E-state index contributed by atoms with van der Waals surface area (Å²) in [6, 6.07) is 5.63. The van der Waals surface area contributed by atoms with E-state index in [0.717, 1.165) is 0 Å². The molecule has 0 radical (unpaired) electrons. The smallest absolute Gasteiger partial charge is 0.321 e. The molecule has 0 aliphatic rings. The van der Waals surface area contributed by atoms with Gasteiger partial charge in [-0.25, -0.2) is 0 Å². The number of nitro benzene ring substituents is 1. The fourth-order valence-corrected chi connectivity index (χ4v) is 1.23. The Labute approximate surface area is 90.4 Å². The van der Waals surface area contributed by atoms with Gasteiger partial charge in [0.15, 0.2) is 0 Å². The molecule has 0 spiro atoms. The highest BCUT2D eigenvalue weighted by atomic mass is 35.5. The highest BCUT2D eigenvalue weighted by molar-refractivity contribution is 6.29. The number of nitro groups is 1. The SMILES string of the molecule is O=C(O)C(Cl)Cc1ccc([N+](=O)[O-])cc1. The maximum Gasteiger partial charge on any atom is 0.321 e. The van der Waals surface area contributed by atoms with Crippen LogP contribution < -0.4 is 0 Å². The Morgan fingerprint density at radius 3 is 2.40 bits per heavy atom. The summed E-state index contributed by atoms with van der Waals surface area (Å²) < 4.78 is 0. The van der Waals surface area contributed by atoms with Crippen molar-refractivity contribution < 1.29 is 14.8 Å². The number of non-ortho nitro benzene ring substituents is 1. The Morgan fingerprint density at radius 1 is 1.47 bits per heavy atom. The van der Waals surface area contributed by atoms with E-state index < -0.39 is 16.3 Å². The molecule has 80 valence electrons. The molecular weight excluding hydrogens is 222 g/mol. The number of rotatable bonds is 4. The monoisotopic (exact) mass is 229 g/mol. The third-order valence-electron chi connectivity index (χ3n) is 1.83. The van der Waals surface area contributed by atoms with E-state index in [0.29, 0.717) is 5.56 Å². The zero-order valence-corrected chi connectivity index (χ0v) is 8.35. The molecule has 0 fully saturated rings. The van der Waals surface area contributed by atoms with Gasteiger partial charge in [-0.05, 0) is 12.0 Å². The predicted octanol–water partition coefficient (Wildman–Crippen LogP) is 1.83. The lowest BCUT2D eigenvalue weighted by Gasteiger charge is -2.03. The van der Waals surface area contributed by atoms with E-state index in [9.17, 15) is 14.9 Å². The first-order chi connectivity index (χ1) is 7.00. The minimum Gasteiger partial charge on any atom is -0.480 e. The van der Waals surface area contributed by atoms with Gasteiger partial charge in [0.2, 0.25) is 0 Å². The Bertz CT molecular complexity index is 376. The topological polar surface area (TPSA) is 80.4 Å². The van der Waals surface area contributed by atoms with E-state index in [1.807, 2.05) is 0 Å². The van der Waals surface area contributed by atoms with Crippen LogP contribution >= 0.6 is 11.6 Å². The van der Waals surface area contributed by atoms with Crippen LogP contribution in [0.1, 0.15) is 5.56 Å². The number of hydrogen-bond acceptors (Lipinski definition) is 3. The van der Waals surface area contributed by atoms with Crippen LogP contribution in [-0.4, -0.2) is 21.4 Å². The maximum absolute atomic E-state index is 10.4. The summed E-state index contributed by atoms with van der Waals surface area (Å²) in [4.78, 5) is 20.3. The lowest BCUT2D eigenvalue weighted by atomic mass is 10.1. The second kappa shape index (κ2) is 4.75. The zero-order chi connectivity index (χ0) is 11.4. The minimum atomic E-state index is -1.10. The van der Waals surface area contributed by atoms with Crippen LogP contribution in [0.15, 0.2) is 24.3 Å². The van der Waals surface area contributed by atoms with E-state index in [1.165, 1.54) is 24.3 Å². The van der Waals surface area contributed by atoms with Crippen LogP contribution in [0, 0.1) is 10.1 Å². The number of alkyl halides is 1. The molecule has 0 saturated carbocycles. The van der Waals surface area contributed by atoms with Crippen molar-refractivity contribution in [3.8, 4) is 0 Å². The molecular formula is C9H8ClNO4. The summed E-state index contributed by atoms with van der Waals surface area (Å²) >= 11 is 5.52. The van der Waals surface area contributed by atoms with Gasteiger partial charge >= 0.3 is 5.97 Å². The molecule has 6 heteroatoms. The molecule has 1 aromatic rings. The number of carboxylic acid groups (broad SMARTS) is 1. The van der Waals surface area contributed by atoms with Crippen LogP contribution in [0.5, 0.6) is 0 Å². The van der Waals surface area contributed by atoms with Crippen molar-refractivity contribution >= 4 is 23.3 Å². The quantitative estimate of drug-likeness (QED) is 0.485. The van der Waals surface area contributed by atoms with Gasteiger partial charge in [0.25, 0.3) is 5.69 Å². The van der Waals surface area contributed by atoms with Crippen LogP contribution in [0.25, 0.3) is 0 Å². The van der Waals surface area contributed by atoms with E-state index in [1.54, 1.807) is 0 Å². The standard InChI is InChI=1S/C9H8ClNO4/c10-8(9(12)13)5-6-1-3-7(4-2-6)11(14)15/h1-4,8H,5H2,(H,12,13). The van der Waals surface area contributed by atoms with Gasteiger partial charge in [-0.3, -0.25) is 14.9 Å². The number of carbonyl (C=O) groups is 1. The van der Waals surface area contributed by atoms with Crippen LogP contribution in [-0.2, 0) is 11.2 Å². The third kappa shape index (κ3) is 3.21. The summed E-state index contributed by atoms with van der Waals surface area (Å²) in [5.74, 6) is -1.10. The molecule has 0 amide bonds. The average Bonchev–Trinajstić information content (AvgIpc) is 2.18. The summed E-state index contributed by atoms with van der Waals surface area (Å²) in [5.41, 5.74) is 0.628.